The number of carbonyl (C=O) groups is 4. The maximum Gasteiger partial charge on any atom is 0.337 e. The Morgan fingerprint density at radius 2 is 1.03 bits per heavy atom. The molecule has 6 aromatic heterocycles. The molecule has 2 saturated heterocycles. The highest BCUT2D eigenvalue weighted by Crippen LogP contribution is 2.32. The van der Waals surface area contributed by atoms with Gasteiger partial charge in [0.2, 0.25) is 0 Å². The number of anilines is 2. The zero-order valence-corrected chi connectivity index (χ0v) is 39.3. The largest absolute Gasteiger partial charge is 0.478 e. The van der Waals surface area contributed by atoms with Gasteiger partial charge in [0.05, 0.1) is 56.8 Å². The average molecular weight is 960 g/mol. The number of nitrogens with two attached hydrogens (primary N) is 1. The van der Waals surface area contributed by atoms with E-state index in [1.165, 1.54) is 18.5 Å². The van der Waals surface area contributed by atoms with Crippen molar-refractivity contribution >= 4 is 69.7 Å². The fraction of sp³-hybridized carbons (Fsp3) is 0.435. The van der Waals surface area contributed by atoms with E-state index in [0.717, 1.165) is 126 Å². The van der Waals surface area contributed by atoms with E-state index in [0.29, 0.717) is 38.8 Å². The van der Waals surface area contributed by atoms with E-state index in [1.54, 1.807) is 0 Å². The first-order valence-electron chi connectivity index (χ1n) is 22.4. The molecular weight excluding hydrogens is 900 g/mol. The molecule has 0 unspecified atom stereocenters. The SMILES string of the molecule is CCc1nc2c(cnn2CC)c(NC2CCOCC2)c1CN.CCc1nc2c(cnn2CC)c(NC2CCOCC2)c1CNC(=O)c1cncc(C(=O)O)c1.Cl.O=C(O)c1cncc(C(=O)O)c1. The van der Waals surface area contributed by atoms with Crippen LogP contribution in [0.5, 0.6) is 0 Å². The van der Waals surface area contributed by atoms with Crippen LogP contribution in [0.1, 0.15) is 117 Å². The number of ether oxygens (including phenoxy) is 2. The minimum absolute atomic E-state index is 0. The Labute approximate surface area is 398 Å². The quantitative estimate of drug-likeness (QED) is 0.0660. The lowest BCUT2D eigenvalue weighted by atomic mass is 10.0. The second kappa shape index (κ2) is 24.8. The van der Waals surface area contributed by atoms with Gasteiger partial charge in [0.25, 0.3) is 5.91 Å². The van der Waals surface area contributed by atoms with E-state index in [1.807, 2.05) is 35.6 Å². The monoisotopic (exact) mass is 958 g/mol. The smallest absolute Gasteiger partial charge is 0.337 e. The van der Waals surface area contributed by atoms with Gasteiger partial charge < -0.3 is 46.5 Å². The van der Waals surface area contributed by atoms with Crippen molar-refractivity contribution in [3.63, 3.8) is 0 Å². The Balaban J connectivity index is 0.000000212. The molecule has 0 spiro atoms. The summed E-state index contributed by atoms with van der Waals surface area (Å²) in [6, 6.07) is 3.06. The second-order valence-electron chi connectivity index (χ2n) is 15.7. The number of halogens is 1. The van der Waals surface area contributed by atoms with Crippen molar-refractivity contribution < 1.29 is 44.0 Å². The Kier molecular flexibility index (Phi) is 19.0. The molecule has 8 heterocycles. The predicted octanol–water partition coefficient (Wildman–Crippen LogP) is 5.59. The van der Waals surface area contributed by atoms with Gasteiger partial charge in [-0.05, 0) is 64.5 Å². The summed E-state index contributed by atoms with van der Waals surface area (Å²) in [6.45, 7) is 13.6. The molecule has 8 rings (SSSR count). The first kappa shape index (κ1) is 52.2. The van der Waals surface area contributed by atoms with Crippen molar-refractivity contribution in [1.82, 2.24) is 44.8 Å². The van der Waals surface area contributed by atoms with Crippen LogP contribution in [-0.4, -0.2) is 117 Å². The van der Waals surface area contributed by atoms with Crippen LogP contribution in [-0.2, 0) is 48.5 Å². The van der Waals surface area contributed by atoms with Crippen molar-refractivity contribution in [3.05, 3.63) is 94.1 Å². The number of hydrogen-bond acceptors (Lipinski definition) is 15. The number of nitrogens with zero attached hydrogens (tertiary/aromatic N) is 8. The number of aryl methyl sites for hydroxylation is 4. The zero-order chi connectivity index (χ0) is 48.0. The molecule has 21 nitrogen and oxygen atoms in total. The number of nitrogens with one attached hydrogen (secondary N) is 3. The van der Waals surface area contributed by atoms with Crippen molar-refractivity contribution in [3.8, 4) is 0 Å². The summed E-state index contributed by atoms with van der Waals surface area (Å²) in [5, 5.41) is 47.3. The molecular formula is C46H59ClN12O9. The molecule has 8 N–H and O–H groups in total. The molecule has 68 heavy (non-hydrogen) atoms. The van der Waals surface area contributed by atoms with Gasteiger partial charge in [-0.1, -0.05) is 13.8 Å². The molecule has 0 aliphatic carbocycles. The number of fused-ring (bicyclic) bond motifs is 2. The minimum Gasteiger partial charge on any atom is -0.478 e. The van der Waals surface area contributed by atoms with Crippen molar-refractivity contribution in [2.45, 2.75) is 104 Å². The summed E-state index contributed by atoms with van der Waals surface area (Å²) >= 11 is 0. The number of aromatic carboxylic acids is 3. The third-order valence-electron chi connectivity index (χ3n) is 11.5. The summed E-state index contributed by atoms with van der Waals surface area (Å²) in [5.41, 5.74) is 13.7. The third-order valence-corrected chi connectivity index (χ3v) is 11.5. The van der Waals surface area contributed by atoms with Crippen LogP contribution in [0, 0.1) is 0 Å². The van der Waals surface area contributed by atoms with Crippen LogP contribution in [0.3, 0.4) is 0 Å². The predicted molar refractivity (Wildman–Crippen MR) is 256 cm³/mol. The number of aromatic nitrogens is 8. The number of hydrogen-bond donors (Lipinski definition) is 7. The molecule has 2 fully saturated rings. The Hall–Kier alpha value is -6.81. The fourth-order valence-electron chi connectivity index (χ4n) is 7.86. The number of amides is 1. The van der Waals surface area contributed by atoms with Gasteiger partial charge >= 0.3 is 17.9 Å². The summed E-state index contributed by atoms with van der Waals surface area (Å²) in [7, 11) is 0. The molecule has 6 aromatic rings. The van der Waals surface area contributed by atoms with Gasteiger partial charge in [0.15, 0.2) is 11.3 Å². The average Bonchev–Trinajstić information content (AvgIpc) is 3.98. The van der Waals surface area contributed by atoms with Crippen LogP contribution < -0.4 is 21.7 Å². The van der Waals surface area contributed by atoms with Gasteiger partial charge in [0.1, 0.15) is 0 Å². The van der Waals surface area contributed by atoms with Crippen LogP contribution >= 0.6 is 12.4 Å². The molecule has 2 aliphatic heterocycles. The Morgan fingerprint density at radius 1 is 0.632 bits per heavy atom. The van der Waals surface area contributed by atoms with E-state index in [9.17, 15) is 24.3 Å². The number of pyridine rings is 4. The highest BCUT2D eigenvalue weighted by atomic mass is 35.5. The summed E-state index contributed by atoms with van der Waals surface area (Å²) in [6.07, 6.45) is 13.9. The number of carboxylic acids is 3. The highest BCUT2D eigenvalue weighted by molar-refractivity contribution is 5.98. The van der Waals surface area contributed by atoms with Crippen LogP contribution in [0.25, 0.3) is 22.1 Å². The molecule has 0 aromatic carbocycles. The molecule has 1 amide bonds. The summed E-state index contributed by atoms with van der Waals surface area (Å²) in [4.78, 5) is 61.7. The highest BCUT2D eigenvalue weighted by Gasteiger charge is 2.24. The lowest BCUT2D eigenvalue weighted by molar-refractivity contribution is 0.0681. The molecule has 0 saturated carbocycles. The van der Waals surface area contributed by atoms with E-state index in [4.69, 9.17) is 35.4 Å². The molecule has 0 radical (unpaired) electrons. The first-order chi connectivity index (χ1) is 32.4. The number of carbonyl (C=O) groups excluding carboxylic acids is 1. The van der Waals surface area contributed by atoms with E-state index in [-0.39, 0.29) is 47.2 Å². The van der Waals surface area contributed by atoms with Gasteiger partial charge in [-0.15, -0.1) is 12.4 Å². The van der Waals surface area contributed by atoms with Crippen LogP contribution in [0.15, 0.2) is 49.3 Å². The zero-order valence-electron chi connectivity index (χ0n) is 38.5. The number of carboxylic acid groups (broad SMARTS) is 3. The van der Waals surface area contributed by atoms with Crippen molar-refractivity contribution in [1.29, 1.82) is 0 Å². The van der Waals surface area contributed by atoms with Crippen molar-refractivity contribution in [2.24, 2.45) is 5.73 Å². The van der Waals surface area contributed by atoms with Crippen LogP contribution in [0.4, 0.5) is 11.4 Å². The second-order valence-corrected chi connectivity index (χ2v) is 15.7. The lowest BCUT2D eigenvalue weighted by Gasteiger charge is -2.26. The molecule has 22 heteroatoms. The number of rotatable bonds is 15. The minimum atomic E-state index is -1.19. The molecule has 2 aliphatic rings. The standard InChI is InChI=1S/C23H28N6O4.C16H25N5O.C7H5NO4.ClH/c1-3-19-17(12-25-22(30)14-9-15(23(31)32)11-24-10-14)20(27-16-5-7-33-8-6-16)18-13-26-29(4-2)21(18)28-19;1-3-14-12(9-17)15(19-11-5-7-22-8-6-11)13-10-18-21(4-2)16(13)20-14;9-6(10)4-1-5(7(11)12)3-8-2-4;/h9-11,13,16H,3-8,12H2,1-2H3,(H,25,30)(H,27,28)(H,31,32);10-11H,3-9,17H2,1-2H3,(H,19,20);1-3H,(H,9,10)(H,11,12);1H. The normalized spacial score (nSPS) is 13.9. The fourth-order valence-corrected chi connectivity index (χ4v) is 7.86. The third kappa shape index (κ3) is 12.6. The molecule has 0 bridgehead atoms. The summed E-state index contributed by atoms with van der Waals surface area (Å²) in [5.74, 6) is -3.90. The maximum atomic E-state index is 12.8. The Morgan fingerprint density at radius 3 is 1.43 bits per heavy atom. The first-order valence-corrected chi connectivity index (χ1v) is 22.4. The topological polar surface area (TPSA) is 297 Å². The maximum absolute atomic E-state index is 12.8. The molecule has 0 atom stereocenters. The van der Waals surface area contributed by atoms with Gasteiger partial charge in [-0.3, -0.25) is 14.8 Å². The van der Waals surface area contributed by atoms with E-state index < -0.39 is 23.8 Å². The van der Waals surface area contributed by atoms with E-state index >= 15 is 0 Å². The lowest BCUT2D eigenvalue weighted by Crippen LogP contribution is -2.30. The molecule has 364 valence electrons. The Bertz CT molecular complexity index is 2670. The van der Waals surface area contributed by atoms with Crippen LogP contribution in [0.2, 0.25) is 0 Å². The van der Waals surface area contributed by atoms with Gasteiger partial charge in [-0.25, -0.2) is 33.7 Å². The van der Waals surface area contributed by atoms with Gasteiger partial charge in [0, 0.05) is 112 Å². The summed E-state index contributed by atoms with van der Waals surface area (Å²) < 4.78 is 14.8. The van der Waals surface area contributed by atoms with Crippen molar-refractivity contribution in [2.75, 3.05) is 37.1 Å². The van der Waals surface area contributed by atoms with Gasteiger partial charge in [-0.2, -0.15) is 10.2 Å². The van der Waals surface area contributed by atoms with E-state index in [2.05, 4.69) is 50.0 Å².